The van der Waals surface area contributed by atoms with Crippen LogP contribution in [0.2, 0.25) is 0 Å². The first kappa shape index (κ1) is 17.7. The summed E-state index contributed by atoms with van der Waals surface area (Å²) in [5.74, 6) is 1.25. The molecule has 5 nitrogen and oxygen atoms in total. The van der Waals surface area contributed by atoms with Gasteiger partial charge < -0.3 is 16.4 Å². The standard InChI is InChI=1S/C14H31N5/c1-5-7-9-19(10-8-6-2)14(16)18-13(15)17-11-12(3)4/h12H,5-11H2,1-4H3,(H4,15,16,17,18). The Balaban J connectivity index is 4.56. The van der Waals surface area contributed by atoms with Gasteiger partial charge in [-0.05, 0) is 18.8 Å². The van der Waals surface area contributed by atoms with Crippen LogP contribution < -0.4 is 11.5 Å². The Morgan fingerprint density at radius 3 is 2.00 bits per heavy atom. The summed E-state index contributed by atoms with van der Waals surface area (Å²) >= 11 is 0. The van der Waals surface area contributed by atoms with Crippen molar-refractivity contribution in [2.75, 3.05) is 19.6 Å². The van der Waals surface area contributed by atoms with Gasteiger partial charge in [-0.15, -0.1) is 0 Å². The Labute approximate surface area is 118 Å². The van der Waals surface area contributed by atoms with Gasteiger partial charge in [0, 0.05) is 19.6 Å². The fourth-order valence-electron chi connectivity index (χ4n) is 1.54. The molecule has 0 unspecified atom stereocenters. The Kier molecular flexibility index (Phi) is 9.94. The van der Waals surface area contributed by atoms with Gasteiger partial charge in [0.2, 0.25) is 5.96 Å². The van der Waals surface area contributed by atoms with Crippen molar-refractivity contribution in [3.8, 4) is 0 Å². The monoisotopic (exact) mass is 269 g/mol. The lowest BCUT2D eigenvalue weighted by Gasteiger charge is -2.23. The van der Waals surface area contributed by atoms with Crippen LogP contribution >= 0.6 is 0 Å². The fourth-order valence-corrected chi connectivity index (χ4v) is 1.54. The molecule has 0 aliphatic rings. The zero-order chi connectivity index (χ0) is 14.7. The molecule has 0 aliphatic carbocycles. The second-order valence-corrected chi connectivity index (χ2v) is 5.26. The average molecular weight is 269 g/mol. The second kappa shape index (κ2) is 10.6. The highest BCUT2D eigenvalue weighted by atomic mass is 15.3. The number of hydrogen-bond acceptors (Lipinski definition) is 1. The lowest BCUT2D eigenvalue weighted by Crippen LogP contribution is -2.40. The van der Waals surface area contributed by atoms with E-state index < -0.39 is 0 Å². The van der Waals surface area contributed by atoms with E-state index in [1.807, 2.05) is 0 Å². The van der Waals surface area contributed by atoms with Gasteiger partial charge in [-0.1, -0.05) is 40.5 Å². The minimum absolute atomic E-state index is 0.282. The van der Waals surface area contributed by atoms with Crippen LogP contribution in [-0.4, -0.2) is 36.5 Å². The minimum atomic E-state index is 0.282. The summed E-state index contributed by atoms with van der Waals surface area (Å²) in [5, 5.41) is 0. The topological polar surface area (TPSA) is 80.0 Å². The highest BCUT2D eigenvalue weighted by Gasteiger charge is 2.07. The molecule has 0 bridgehead atoms. The number of rotatable bonds is 8. The Morgan fingerprint density at radius 2 is 1.58 bits per heavy atom. The van der Waals surface area contributed by atoms with Crippen LogP contribution in [0, 0.1) is 5.92 Å². The molecule has 0 spiro atoms. The maximum Gasteiger partial charge on any atom is 0.218 e. The molecule has 0 aromatic heterocycles. The molecule has 0 radical (unpaired) electrons. The molecule has 0 aliphatic heterocycles. The molecular formula is C14H31N5. The first-order valence-corrected chi connectivity index (χ1v) is 7.40. The fraction of sp³-hybridized carbons (Fsp3) is 0.857. The first-order chi connectivity index (χ1) is 9.01. The number of guanidine groups is 2. The van der Waals surface area contributed by atoms with Crippen molar-refractivity contribution in [2.24, 2.45) is 27.4 Å². The van der Waals surface area contributed by atoms with E-state index in [1.54, 1.807) is 0 Å². The van der Waals surface area contributed by atoms with Gasteiger partial charge in [-0.3, -0.25) is 4.99 Å². The molecule has 4 N–H and O–H groups in total. The molecule has 0 saturated carbocycles. The first-order valence-electron chi connectivity index (χ1n) is 7.40. The molecule has 0 fully saturated rings. The summed E-state index contributed by atoms with van der Waals surface area (Å²) in [6.45, 7) is 11.1. The molecule has 0 saturated heterocycles. The van der Waals surface area contributed by atoms with Gasteiger partial charge in [0.25, 0.3) is 0 Å². The SMILES string of the molecule is CCCCN(CCCC)C(N)=NC(N)=NCC(C)C. The molecule has 0 heterocycles. The zero-order valence-corrected chi connectivity index (χ0v) is 13.0. The normalized spacial score (nSPS) is 13.1. The van der Waals surface area contributed by atoms with E-state index in [0.717, 1.165) is 38.8 Å². The van der Waals surface area contributed by atoms with Crippen LogP contribution in [0.25, 0.3) is 0 Å². The van der Waals surface area contributed by atoms with Gasteiger partial charge in [0.1, 0.15) is 0 Å². The van der Waals surface area contributed by atoms with E-state index in [-0.39, 0.29) is 5.96 Å². The highest BCUT2D eigenvalue weighted by Crippen LogP contribution is 1.99. The van der Waals surface area contributed by atoms with Crippen molar-refractivity contribution in [1.82, 2.24) is 4.90 Å². The molecule has 0 rings (SSSR count). The van der Waals surface area contributed by atoms with E-state index in [4.69, 9.17) is 11.5 Å². The van der Waals surface area contributed by atoms with Crippen LogP contribution in [0.3, 0.4) is 0 Å². The number of nitrogens with two attached hydrogens (primary N) is 2. The second-order valence-electron chi connectivity index (χ2n) is 5.26. The average Bonchev–Trinajstić information content (AvgIpc) is 2.36. The molecule has 0 atom stereocenters. The molecule has 0 aromatic rings. The zero-order valence-electron chi connectivity index (χ0n) is 13.0. The third-order valence-corrected chi connectivity index (χ3v) is 2.73. The molecule has 112 valence electrons. The van der Waals surface area contributed by atoms with E-state index in [1.165, 1.54) is 0 Å². The summed E-state index contributed by atoms with van der Waals surface area (Å²) < 4.78 is 0. The summed E-state index contributed by atoms with van der Waals surface area (Å²) in [4.78, 5) is 10.5. The Bertz CT molecular complexity index is 276. The predicted molar refractivity (Wildman–Crippen MR) is 84.3 cm³/mol. The van der Waals surface area contributed by atoms with E-state index in [9.17, 15) is 0 Å². The summed E-state index contributed by atoms with van der Waals surface area (Å²) in [6, 6.07) is 0. The van der Waals surface area contributed by atoms with Crippen molar-refractivity contribution >= 4 is 11.9 Å². The van der Waals surface area contributed by atoms with Crippen molar-refractivity contribution < 1.29 is 0 Å². The molecule has 0 amide bonds. The molecule has 19 heavy (non-hydrogen) atoms. The van der Waals surface area contributed by atoms with E-state index in [2.05, 4.69) is 42.6 Å². The van der Waals surface area contributed by atoms with Gasteiger partial charge in [0.15, 0.2) is 5.96 Å². The van der Waals surface area contributed by atoms with Crippen molar-refractivity contribution in [3.05, 3.63) is 0 Å². The molecule has 0 aromatic carbocycles. The van der Waals surface area contributed by atoms with E-state index in [0.29, 0.717) is 18.4 Å². The maximum absolute atomic E-state index is 6.02. The van der Waals surface area contributed by atoms with Gasteiger partial charge >= 0.3 is 0 Å². The number of hydrogen-bond donors (Lipinski definition) is 2. The number of nitrogens with zero attached hydrogens (tertiary/aromatic N) is 3. The Morgan fingerprint density at radius 1 is 1.05 bits per heavy atom. The van der Waals surface area contributed by atoms with Crippen LogP contribution in [0.15, 0.2) is 9.98 Å². The number of unbranched alkanes of at least 4 members (excludes halogenated alkanes) is 2. The van der Waals surface area contributed by atoms with Crippen LogP contribution in [0.4, 0.5) is 0 Å². The largest absolute Gasteiger partial charge is 0.369 e. The van der Waals surface area contributed by atoms with Gasteiger partial charge in [-0.25, -0.2) is 0 Å². The number of aliphatic imine (C=N–C) groups is 2. The van der Waals surface area contributed by atoms with Crippen LogP contribution in [0.5, 0.6) is 0 Å². The highest BCUT2D eigenvalue weighted by molar-refractivity contribution is 5.93. The van der Waals surface area contributed by atoms with Crippen molar-refractivity contribution in [1.29, 1.82) is 0 Å². The summed E-state index contributed by atoms with van der Waals surface area (Å²) in [7, 11) is 0. The predicted octanol–water partition coefficient (Wildman–Crippen LogP) is 2.17. The van der Waals surface area contributed by atoms with E-state index >= 15 is 0 Å². The summed E-state index contributed by atoms with van der Waals surface area (Å²) in [5.41, 5.74) is 11.8. The quantitative estimate of drug-likeness (QED) is 0.523. The lowest BCUT2D eigenvalue weighted by molar-refractivity contribution is 0.394. The van der Waals surface area contributed by atoms with Crippen LogP contribution in [0.1, 0.15) is 53.4 Å². The maximum atomic E-state index is 6.02. The van der Waals surface area contributed by atoms with Gasteiger partial charge in [0.05, 0.1) is 0 Å². The third-order valence-electron chi connectivity index (χ3n) is 2.73. The smallest absolute Gasteiger partial charge is 0.218 e. The minimum Gasteiger partial charge on any atom is -0.369 e. The molecule has 5 heteroatoms. The van der Waals surface area contributed by atoms with Crippen LogP contribution in [-0.2, 0) is 0 Å². The van der Waals surface area contributed by atoms with Crippen molar-refractivity contribution in [2.45, 2.75) is 53.4 Å². The lowest BCUT2D eigenvalue weighted by atomic mass is 10.2. The Hall–Kier alpha value is -1.26. The molecular weight excluding hydrogens is 238 g/mol. The van der Waals surface area contributed by atoms with Crippen molar-refractivity contribution in [3.63, 3.8) is 0 Å². The summed E-state index contributed by atoms with van der Waals surface area (Å²) in [6.07, 6.45) is 4.52. The third kappa shape index (κ3) is 9.33. The van der Waals surface area contributed by atoms with Gasteiger partial charge in [-0.2, -0.15) is 4.99 Å².